The van der Waals surface area contributed by atoms with E-state index in [1.165, 1.54) is 43.5 Å². The van der Waals surface area contributed by atoms with Crippen LogP contribution < -0.4 is 5.32 Å². The largest absolute Gasteiger partial charge is 0.313 e. The molecule has 1 aliphatic heterocycles. The van der Waals surface area contributed by atoms with E-state index >= 15 is 0 Å². The van der Waals surface area contributed by atoms with Gasteiger partial charge in [-0.15, -0.1) is 0 Å². The van der Waals surface area contributed by atoms with Gasteiger partial charge in [-0.1, -0.05) is 45.0 Å². The van der Waals surface area contributed by atoms with Crippen molar-refractivity contribution in [3.63, 3.8) is 0 Å². The molecule has 0 spiro atoms. The second kappa shape index (κ2) is 7.24. The first-order chi connectivity index (χ1) is 9.71. The highest BCUT2D eigenvalue weighted by molar-refractivity contribution is 5.22. The van der Waals surface area contributed by atoms with Crippen molar-refractivity contribution >= 4 is 0 Å². The molecule has 0 radical (unpaired) electrons. The van der Waals surface area contributed by atoms with E-state index in [0.717, 1.165) is 19.6 Å². The lowest BCUT2D eigenvalue weighted by atomic mass is 9.82. The summed E-state index contributed by atoms with van der Waals surface area (Å²) in [7, 11) is 0. The predicted molar refractivity (Wildman–Crippen MR) is 86.7 cm³/mol. The van der Waals surface area contributed by atoms with Crippen LogP contribution in [-0.4, -0.2) is 24.5 Å². The SMILES string of the molecule is CCNCc1ccc(CN2CCC(CC)(CC)C2)cc1. The number of nitrogens with zero attached hydrogens (tertiary/aromatic N) is 1. The van der Waals surface area contributed by atoms with Crippen LogP contribution in [0.4, 0.5) is 0 Å². The molecular formula is C18H30N2. The van der Waals surface area contributed by atoms with Crippen LogP contribution >= 0.6 is 0 Å². The highest BCUT2D eigenvalue weighted by Crippen LogP contribution is 2.37. The van der Waals surface area contributed by atoms with Crippen molar-refractivity contribution in [1.82, 2.24) is 10.2 Å². The van der Waals surface area contributed by atoms with E-state index in [0.29, 0.717) is 5.41 Å². The summed E-state index contributed by atoms with van der Waals surface area (Å²) in [5.41, 5.74) is 3.42. The van der Waals surface area contributed by atoms with Gasteiger partial charge in [-0.25, -0.2) is 0 Å². The van der Waals surface area contributed by atoms with Gasteiger partial charge in [0.2, 0.25) is 0 Å². The molecule has 1 N–H and O–H groups in total. The molecule has 0 unspecified atom stereocenters. The molecule has 0 aromatic heterocycles. The van der Waals surface area contributed by atoms with Gasteiger partial charge in [-0.05, 0) is 48.9 Å². The maximum Gasteiger partial charge on any atom is 0.0233 e. The Morgan fingerprint density at radius 1 is 1.05 bits per heavy atom. The summed E-state index contributed by atoms with van der Waals surface area (Å²) in [5, 5.41) is 3.37. The topological polar surface area (TPSA) is 15.3 Å². The molecule has 2 nitrogen and oxygen atoms in total. The van der Waals surface area contributed by atoms with Crippen molar-refractivity contribution in [3.8, 4) is 0 Å². The Bertz CT molecular complexity index is 392. The van der Waals surface area contributed by atoms with Crippen molar-refractivity contribution in [1.29, 1.82) is 0 Å². The zero-order chi connectivity index (χ0) is 14.4. The molecule has 0 amide bonds. The van der Waals surface area contributed by atoms with Gasteiger partial charge in [0.1, 0.15) is 0 Å². The Morgan fingerprint density at radius 2 is 1.70 bits per heavy atom. The van der Waals surface area contributed by atoms with Gasteiger partial charge in [0.05, 0.1) is 0 Å². The normalized spacial score (nSPS) is 18.6. The van der Waals surface area contributed by atoms with Crippen molar-refractivity contribution < 1.29 is 0 Å². The number of rotatable bonds is 7. The Kier molecular flexibility index (Phi) is 5.62. The maximum atomic E-state index is 3.37. The third-order valence-electron chi connectivity index (χ3n) is 5.03. The summed E-state index contributed by atoms with van der Waals surface area (Å²) in [6.45, 7) is 12.5. The first kappa shape index (κ1) is 15.5. The highest BCUT2D eigenvalue weighted by Gasteiger charge is 2.34. The van der Waals surface area contributed by atoms with Gasteiger partial charge >= 0.3 is 0 Å². The monoisotopic (exact) mass is 274 g/mol. The number of hydrogen-bond acceptors (Lipinski definition) is 2. The predicted octanol–water partition coefficient (Wildman–Crippen LogP) is 3.81. The van der Waals surface area contributed by atoms with Crippen LogP contribution in [-0.2, 0) is 13.1 Å². The maximum absolute atomic E-state index is 3.37. The van der Waals surface area contributed by atoms with Gasteiger partial charge in [0.25, 0.3) is 0 Å². The molecule has 1 saturated heterocycles. The number of likely N-dealkylation sites (tertiary alicyclic amines) is 1. The Balaban J connectivity index is 1.88. The summed E-state index contributed by atoms with van der Waals surface area (Å²) < 4.78 is 0. The smallest absolute Gasteiger partial charge is 0.0233 e. The number of nitrogens with one attached hydrogen (secondary N) is 1. The van der Waals surface area contributed by atoms with E-state index in [9.17, 15) is 0 Å². The summed E-state index contributed by atoms with van der Waals surface area (Å²) in [6.07, 6.45) is 4.02. The molecule has 0 atom stereocenters. The second-order valence-electron chi connectivity index (χ2n) is 6.26. The molecule has 2 rings (SSSR count). The minimum atomic E-state index is 0.588. The minimum Gasteiger partial charge on any atom is -0.313 e. The third kappa shape index (κ3) is 3.83. The zero-order valence-corrected chi connectivity index (χ0v) is 13.4. The van der Waals surface area contributed by atoms with E-state index in [1.54, 1.807) is 0 Å². The van der Waals surface area contributed by atoms with Crippen LogP contribution in [0.1, 0.15) is 51.2 Å². The molecule has 0 bridgehead atoms. The molecule has 2 heteroatoms. The van der Waals surface area contributed by atoms with Gasteiger partial charge in [0, 0.05) is 19.6 Å². The van der Waals surface area contributed by atoms with Gasteiger partial charge < -0.3 is 5.32 Å². The lowest BCUT2D eigenvalue weighted by molar-refractivity contribution is 0.236. The summed E-state index contributed by atoms with van der Waals surface area (Å²) in [6, 6.07) is 9.12. The van der Waals surface area contributed by atoms with Crippen molar-refractivity contribution in [2.24, 2.45) is 5.41 Å². The highest BCUT2D eigenvalue weighted by atomic mass is 15.2. The standard InChI is InChI=1S/C18H30N2/c1-4-18(5-2)11-12-20(15-18)14-17-9-7-16(8-10-17)13-19-6-3/h7-10,19H,4-6,11-15H2,1-3H3. The second-order valence-corrected chi connectivity index (χ2v) is 6.26. The fourth-order valence-electron chi connectivity index (χ4n) is 3.28. The Labute approximate surface area is 124 Å². The quantitative estimate of drug-likeness (QED) is 0.813. The molecular weight excluding hydrogens is 244 g/mol. The van der Waals surface area contributed by atoms with E-state index in [1.807, 2.05) is 0 Å². The lowest BCUT2D eigenvalue weighted by Crippen LogP contribution is -2.26. The average Bonchev–Trinajstić information content (AvgIpc) is 2.90. The average molecular weight is 274 g/mol. The summed E-state index contributed by atoms with van der Waals surface area (Å²) in [5.74, 6) is 0. The van der Waals surface area contributed by atoms with E-state index < -0.39 is 0 Å². The number of hydrogen-bond donors (Lipinski definition) is 1. The fraction of sp³-hybridized carbons (Fsp3) is 0.667. The number of benzene rings is 1. The van der Waals surface area contributed by atoms with Gasteiger partial charge in [0.15, 0.2) is 0 Å². The van der Waals surface area contributed by atoms with E-state index in [4.69, 9.17) is 0 Å². The van der Waals surface area contributed by atoms with Crippen LogP contribution in [0.25, 0.3) is 0 Å². The van der Waals surface area contributed by atoms with E-state index in [-0.39, 0.29) is 0 Å². The van der Waals surface area contributed by atoms with Gasteiger partial charge in [-0.3, -0.25) is 4.90 Å². The molecule has 1 fully saturated rings. The molecule has 1 heterocycles. The summed E-state index contributed by atoms with van der Waals surface area (Å²) >= 11 is 0. The molecule has 1 aromatic carbocycles. The molecule has 112 valence electrons. The zero-order valence-electron chi connectivity index (χ0n) is 13.4. The first-order valence-corrected chi connectivity index (χ1v) is 8.22. The van der Waals surface area contributed by atoms with Crippen LogP contribution in [0.5, 0.6) is 0 Å². The van der Waals surface area contributed by atoms with Crippen LogP contribution in [0, 0.1) is 5.41 Å². The molecule has 1 aromatic rings. The van der Waals surface area contributed by atoms with Crippen LogP contribution in [0.3, 0.4) is 0 Å². The van der Waals surface area contributed by atoms with Crippen LogP contribution in [0.15, 0.2) is 24.3 Å². The molecule has 20 heavy (non-hydrogen) atoms. The first-order valence-electron chi connectivity index (χ1n) is 8.22. The van der Waals surface area contributed by atoms with Crippen molar-refractivity contribution in [3.05, 3.63) is 35.4 Å². The molecule has 0 saturated carbocycles. The van der Waals surface area contributed by atoms with Crippen molar-refractivity contribution in [2.45, 2.75) is 53.1 Å². The Morgan fingerprint density at radius 3 is 2.25 bits per heavy atom. The third-order valence-corrected chi connectivity index (χ3v) is 5.03. The minimum absolute atomic E-state index is 0.588. The van der Waals surface area contributed by atoms with Crippen LogP contribution in [0.2, 0.25) is 0 Å². The van der Waals surface area contributed by atoms with Crippen molar-refractivity contribution in [2.75, 3.05) is 19.6 Å². The molecule has 0 aliphatic carbocycles. The van der Waals surface area contributed by atoms with E-state index in [2.05, 4.69) is 55.3 Å². The molecule has 1 aliphatic rings. The Hall–Kier alpha value is -0.860. The fourth-order valence-corrected chi connectivity index (χ4v) is 3.28. The lowest BCUT2D eigenvalue weighted by Gasteiger charge is -2.26. The van der Waals surface area contributed by atoms with Gasteiger partial charge in [-0.2, -0.15) is 0 Å². The summed E-state index contributed by atoms with van der Waals surface area (Å²) in [4.78, 5) is 2.63.